The zero-order valence-corrected chi connectivity index (χ0v) is 8.77. The van der Waals surface area contributed by atoms with Gasteiger partial charge in [0, 0.05) is 11.5 Å². The van der Waals surface area contributed by atoms with Crippen molar-refractivity contribution in [3.8, 4) is 0 Å². The van der Waals surface area contributed by atoms with Crippen molar-refractivity contribution in [3.63, 3.8) is 0 Å². The highest BCUT2D eigenvalue weighted by molar-refractivity contribution is 9.11. The highest BCUT2D eigenvalue weighted by Crippen LogP contribution is 2.32. The smallest absolute Gasteiger partial charge is 0.159 e. The molecule has 1 aromatic heterocycles. The summed E-state index contributed by atoms with van der Waals surface area (Å²) in [6.07, 6.45) is 7.13. The van der Waals surface area contributed by atoms with Crippen LogP contribution in [-0.4, -0.2) is 20.2 Å². The van der Waals surface area contributed by atoms with Crippen molar-refractivity contribution >= 4 is 15.9 Å². The minimum atomic E-state index is 0.269. The number of aromatic nitrogens is 4. The lowest BCUT2D eigenvalue weighted by molar-refractivity contribution is 0.644. The maximum atomic E-state index is 3.99. The molecule has 13 heavy (non-hydrogen) atoms. The third kappa shape index (κ3) is 1.56. The summed E-state index contributed by atoms with van der Waals surface area (Å²) in [6.45, 7) is 0. The maximum Gasteiger partial charge on any atom is 0.159 e. The van der Waals surface area contributed by atoms with Gasteiger partial charge < -0.3 is 0 Å². The molecule has 0 bridgehead atoms. The first kappa shape index (κ1) is 8.62. The molecule has 2 rings (SSSR count). The van der Waals surface area contributed by atoms with Gasteiger partial charge in [-0.25, -0.2) is 4.68 Å². The standard InChI is InChI=1S/C8H9BrN4/c1-13-8(10-11-12-13)6-4-2-3-5-7(6)9/h2-3,5-6H,4H2,1H3. The molecule has 0 saturated carbocycles. The van der Waals surface area contributed by atoms with E-state index in [9.17, 15) is 0 Å². The lowest BCUT2D eigenvalue weighted by Gasteiger charge is -2.14. The monoisotopic (exact) mass is 240 g/mol. The molecule has 0 aromatic carbocycles. The predicted molar refractivity (Wildman–Crippen MR) is 52.3 cm³/mol. The first-order valence-corrected chi connectivity index (χ1v) is 4.83. The Kier molecular flexibility index (Phi) is 2.26. The predicted octanol–water partition coefficient (Wildman–Crippen LogP) is 1.53. The number of hydrogen-bond acceptors (Lipinski definition) is 3. The fourth-order valence-electron chi connectivity index (χ4n) is 1.36. The number of rotatable bonds is 1. The minimum Gasteiger partial charge on any atom is -0.232 e. The van der Waals surface area contributed by atoms with Crippen LogP contribution in [0.4, 0.5) is 0 Å². The van der Waals surface area contributed by atoms with Crippen LogP contribution in [0.3, 0.4) is 0 Å². The molecule has 0 radical (unpaired) electrons. The second-order valence-electron chi connectivity index (χ2n) is 2.93. The number of halogens is 1. The average Bonchev–Trinajstić information content (AvgIpc) is 2.52. The van der Waals surface area contributed by atoms with Crippen LogP contribution in [-0.2, 0) is 7.05 Å². The van der Waals surface area contributed by atoms with Crippen LogP contribution in [0.25, 0.3) is 0 Å². The maximum absolute atomic E-state index is 3.99. The molecule has 68 valence electrons. The molecule has 0 N–H and O–H groups in total. The lowest BCUT2D eigenvalue weighted by Crippen LogP contribution is -2.08. The van der Waals surface area contributed by atoms with E-state index in [0.717, 1.165) is 16.7 Å². The van der Waals surface area contributed by atoms with Crippen molar-refractivity contribution in [2.24, 2.45) is 7.05 Å². The van der Waals surface area contributed by atoms with Crippen LogP contribution in [0.2, 0.25) is 0 Å². The fourth-order valence-corrected chi connectivity index (χ4v) is 1.91. The van der Waals surface area contributed by atoms with E-state index in [4.69, 9.17) is 0 Å². The number of tetrazole rings is 1. The molecule has 1 aliphatic rings. The Morgan fingerprint density at radius 2 is 2.46 bits per heavy atom. The lowest BCUT2D eigenvalue weighted by atomic mass is 10.0. The summed E-state index contributed by atoms with van der Waals surface area (Å²) < 4.78 is 2.84. The Bertz CT molecular complexity index is 366. The number of allylic oxidation sites excluding steroid dienone is 4. The van der Waals surface area contributed by atoms with Crippen molar-refractivity contribution in [2.75, 3.05) is 0 Å². The second-order valence-corrected chi connectivity index (χ2v) is 3.84. The van der Waals surface area contributed by atoms with E-state index in [1.165, 1.54) is 0 Å². The number of aryl methyl sites for hydroxylation is 1. The van der Waals surface area contributed by atoms with Crippen molar-refractivity contribution < 1.29 is 0 Å². The summed E-state index contributed by atoms with van der Waals surface area (Å²) in [5, 5.41) is 11.4. The molecular formula is C8H9BrN4. The van der Waals surface area contributed by atoms with Crippen LogP contribution in [0.1, 0.15) is 18.2 Å². The third-order valence-electron chi connectivity index (χ3n) is 2.06. The summed E-state index contributed by atoms with van der Waals surface area (Å²) in [5.74, 6) is 1.16. The highest BCUT2D eigenvalue weighted by Gasteiger charge is 2.20. The molecular weight excluding hydrogens is 232 g/mol. The Morgan fingerprint density at radius 1 is 1.62 bits per heavy atom. The Morgan fingerprint density at radius 3 is 3.08 bits per heavy atom. The molecule has 0 aliphatic heterocycles. The van der Waals surface area contributed by atoms with E-state index >= 15 is 0 Å². The summed E-state index contributed by atoms with van der Waals surface area (Å²) in [7, 11) is 1.86. The second kappa shape index (κ2) is 3.41. The van der Waals surface area contributed by atoms with Gasteiger partial charge in [0.25, 0.3) is 0 Å². The van der Waals surface area contributed by atoms with Crippen LogP contribution in [0.5, 0.6) is 0 Å². The zero-order valence-electron chi connectivity index (χ0n) is 7.18. The Balaban J connectivity index is 2.33. The highest BCUT2D eigenvalue weighted by atomic mass is 79.9. The molecule has 1 heterocycles. The van der Waals surface area contributed by atoms with Gasteiger partial charge in [-0.3, -0.25) is 0 Å². The molecule has 0 saturated heterocycles. The number of hydrogen-bond donors (Lipinski definition) is 0. The van der Waals surface area contributed by atoms with Gasteiger partial charge >= 0.3 is 0 Å². The summed E-state index contributed by atoms with van der Waals surface area (Å²) in [6, 6.07) is 0. The van der Waals surface area contributed by atoms with Crippen LogP contribution < -0.4 is 0 Å². The molecule has 1 aliphatic carbocycles. The van der Waals surface area contributed by atoms with E-state index in [2.05, 4.69) is 37.5 Å². The molecule has 0 fully saturated rings. The topological polar surface area (TPSA) is 43.6 Å². The first-order chi connectivity index (χ1) is 6.29. The molecule has 1 atom stereocenters. The van der Waals surface area contributed by atoms with Gasteiger partial charge in [0.15, 0.2) is 5.82 Å². The molecule has 4 nitrogen and oxygen atoms in total. The normalized spacial score (nSPS) is 21.7. The van der Waals surface area contributed by atoms with Crippen molar-refractivity contribution in [3.05, 3.63) is 28.5 Å². The third-order valence-corrected chi connectivity index (χ3v) is 2.88. The van der Waals surface area contributed by atoms with Crippen molar-refractivity contribution in [1.82, 2.24) is 20.2 Å². The molecule has 1 unspecified atom stereocenters. The average molecular weight is 241 g/mol. The summed E-state index contributed by atoms with van der Waals surface area (Å²) in [5.41, 5.74) is 0. The zero-order chi connectivity index (χ0) is 9.26. The summed E-state index contributed by atoms with van der Waals surface area (Å²) >= 11 is 3.51. The minimum absolute atomic E-state index is 0.269. The quantitative estimate of drug-likeness (QED) is 0.748. The van der Waals surface area contributed by atoms with Gasteiger partial charge in [0.05, 0.1) is 5.92 Å². The molecule has 0 amide bonds. The van der Waals surface area contributed by atoms with E-state index in [1.54, 1.807) is 4.68 Å². The van der Waals surface area contributed by atoms with Crippen LogP contribution in [0, 0.1) is 0 Å². The van der Waals surface area contributed by atoms with E-state index in [0.29, 0.717) is 0 Å². The van der Waals surface area contributed by atoms with Crippen molar-refractivity contribution in [2.45, 2.75) is 12.3 Å². The van der Waals surface area contributed by atoms with Gasteiger partial charge in [0.1, 0.15) is 0 Å². The van der Waals surface area contributed by atoms with Gasteiger partial charge in [-0.15, -0.1) is 5.10 Å². The first-order valence-electron chi connectivity index (χ1n) is 4.03. The Labute approximate surface area is 84.5 Å². The van der Waals surface area contributed by atoms with E-state index in [-0.39, 0.29) is 5.92 Å². The van der Waals surface area contributed by atoms with Crippen LogP contribution >= 0.6 is 15.9 Å². The fraction of sp³-hybridized carbons (Fsp3) is 0.375. The Hall–Kier alpha value is -0.970. The molecule has 0 spiro atoms. The van der Waals surface area contributed by atoms with Gasteiger partial charge in [-0.05, 0) is 16.8 Å². The molecule has 1 aromatic rings. The van der Waals surface area contributed by atoms with Gasteiger partial charge in [-0.2, -0.15) is 0 Å². The van der Waals surface area contributed by atoms with Gasteiger partial charge in [-0.1, -0.05) is 34.2 Å². The summed E-state index contributed by atoms with van der Waals surface area (Å²) in [4.78, 5) is 0. The van der Waals surface area contributed by atoms with Crippen molar-refractivity contribution in [1.29, 1.82) is 0 Å². The SMILES string of the molecule is Cn1nnnc1C1CC=CC=C1Br. The van der Waals surface area contributed by atoms with Gasteiger partial charge in [0.2, 0.25) is 0 Å². The largest absolute Gasteiger partial charge is 0.232 e. The van der Waals surface area contributed by atoms with Crippen LogP contribution in [0.15, 0.2) is 22.7 Å². The number of nitrogens with zero attached hydrogens (tertiary/aromatic N) is 4. The van der Waals surface area contributed by atoms with E-state index < -0.39 is 0 Å². The molecule has 5 heteroatoms. The van der Waals surface area contributed by atoms with E-state index in [1.807, 2.05) is 19.2 Å².